The van der Waals surface area contributed by atoms with Gasteiger partial charge in [-0.2, -0.15) is 0 Å². The molecule has 0 bridgehead atoms. The Morgan fingerprint density at radius 3 is 2.00 bits per heavy atom. The minimum absolute atomic E-state index is 0.160. The molecule has 0 aliphatic carbocycles. The molecule has 1 aliphatic rings. The molecule has 0 amide bonds. The molecule has 1 fully saturated rings. The van der Waals surface area contributed by atoms with Gasteiger partial charge < -0.3 is 18.6 Å². The predicted octanol–water partition coefficient (Wildman–Crippen LogP) is 5.50. The van der Waals surface area contributed by atoms with Crippen LogP contribution in [0.25, 0.3) is 0 Å². The zero-order chi connectivity index (χ0) is 27.2. The van der Waals surface area contributed by atoms with Crippen LogP contribution < -0.4 is 15.1 Å². The highest BCUT2D eigenvalue weighted by Gasteiger charge is 2.51. The van der Waals surface area contributed by atoms with Crippen LogP contribution in [0.4, 0.5) is 0 Å². The van der Waals surface area contributed by atoms with Crippen LogP contribution in [0.1, 0.15) is 46.1 Å². The molecule has 1 heterocycles. The van der Waals surface area contributed by atoms with Crippen LogP contribution >= 0.6 is 0 Å². The lowest BCUT2D eigenvalue weighted by Gasteiger charge is -2.44. The van der Waals surface area contributed by atoms with Gasteiger partial charge in [-0.3, -0.25) is 4.79 Å². The molecule has 3 aromatic carbocycles. The van der Waals surface area contributed by atoms with Crippen molar-refractivity contribution in [3.63, 3.8) is 0 Å². The normalized spacial score (nSPS) is 19.0. The number of ether oxygens (including phenoxy) is 3. The number of methoxy groups -OCH3 is 1. The predicted molar refractivity (Wildman–Crippen MR) is 153 cm³/mol. The third kappa shape index (κ3) is 6.37. The molecule has 0 radical (unpaired) electrons. The maximum absolute atomic E-state index is 12.4. The van der Waals surface area contributed by atoms with E-state index in [1.165, 1.54) is 10.4 Å². The van der Waals surface area contributed by atoms with Gasteiger partial charge in [-0.1, -0.05) is 100 Å². The molecule has 3 atom stereocenters. The monoisotopic (exact) mass is 532 g/mol. The average Bonchev–Trinajstić information content (AvgIpc) is 2.91. The number of hydrogen-bond acceptors (Lipinski definition) is 5. The summed E-state index contributed by atoms with van der Waals surface area (Å²) in [5.74, 6) is 0.869. The summed E-state index contributed by atoms with van der Waals surface area (Å²) in [6.07, 6.45) is 0.439. The van der Waals surface area contributed by atoms with Gasteiger partial charge in [0.15, 0.2) is 0 Å². The highest BCUT2D eigenvalue weighted by atomic mass is 28.4. The lowest BCUT2D eigenvalue weighted by atomic mass is 9.94. The number of esters is 1. The number of rotatable bonds is 10. The molecule has 6 heteroatoms. The van der Waals surface area contributed by atoms with Gasteiger partial charge in [-0.15, -0.1) is 0 Å². The SMILES string of the molecule is COc1ccc(CO[C@H](CO[Si](c2ccccc2)(c2ccccc2)C(C)(C)C)[C@@H]2C[C@@H](C)CC(=O)O2)cc1. The molecular formula is C32H40O5Si. The number of hydrogen-bond donors (Lipinski definition) is 0. The maximum atomic E-state index is 12.4. The Hall–Kier alpha value is -2.93. The van der Waals surface area contributed by atoms with Crippen molar-refractivity contribution in [2.45, 2.75) is 64.4 Å². The van der Waals surface area contributed by atoms with Gasteiger partial charge in [0.25, 0.3) is 8.32 Å². The summed E-state index contributed by atoms with van der Waals surface area (Å²) in [5, 5.41) is 2.26. The highest BCUT2D eigenvalue weighted by Crippen LogP contribution is 2.37. The van der Waals surface area contributed by atoms with E-state index < -0.39 is 14.4 Å². The van der Waals surface area contributed by atoms with Crippen molar-refractivity contribution in [2.75, 3.05) is 13.7 Å². The van der Waals surface area contributed by atoms with E-state index in [0.29, 0.717) is 19.6 Å². The zero-order valence-electron chi connectivity index (χ0n) is 23.2. The lowest BCUT2D eigenvalue weighted by Crippen LogP contribution is -2.67. The lowest BCUT2D eigenvalue weighted by molar-refractivity contribution is -0.170. The topological polar surface area (TPSA) is 54.0 Å². The number of carbonyl (C=O) groups is 1. The van der Waals surface area contributed by atoms with E-state index in [4.69, 9.17) is 18.6 Å². The molecule has 202 valence electrons. The van der Waals surface area contributed by atoms with Crippen LogP contribution in [-0.2, 0) is 25.3 Å². The van der Waals surface area contributed by atoms with Crippen molar-refractivity contribution in [1.29, 1.82) is 0 Å². The molecule has 3 aromatic rings. The maximum Gasteiger partial charge on any atom is 0.306 e. The summed E-state index contributed by atoms with van der Waals surface area (Å²) < 4.78 is 24.8. The minimum atomic E-state index is -2.77. The number of benzene rings is 3. The molecule has 1 aliphatic heterocycles. The van der Waals surface area contributed by atoms with Crippen LogP contribution in [-0.4, -0.2) is 40.2 Å². The molecule has 4 rings (SSSR count). The summed E-state index contributed by atoms with van der Waals surface area (Å²) in [5.41, 5.74) is 1.02. The minimum Gasteiger partial charge on any atom is -0.497 e. The summed E-state index contributed by atoms with van der Waals surface area (Å²) in [6.45, 7) is 9.59. The first-order valence-electron chi connectivity index (χ1n) is 13.4. The molecule has 0 saturated carbocycles. The zero-order valence-corrected chi connectivity index (χ0v) is 24.2. The second-order valence-corrected chi connectivity index (χ2v) is 15.6. The van der Waals surface area contributed by atoms with Gasteiger partial charge in [0.1, 0.15) is 18.0 Å². The Morgan fingerprint density at radius 2 is 1.50 bits per heavy atom. The van der Waals surface area contributed by atoms with Crippen molar-refractivity contribution in [2.24, 2.45) is 5.92 Å². The van der Waals surface area contributed by atoms with E-state index in [9.17, 15) is 4.79 Å². The smallest absolute Gasteiger partial charge is 0.306 e. The summed E-state index contributed by atoms with van der Waals surface area (Å²) >= 11 is 0. The van der Waals surface area contributed by atoms with Gasteiger partial charge in [-0.25, -0.2) is 0 Å². The van der Waals surface area contributed by atoms with Crippen LogP contribution in [0.3, 0.4) is 0 Å². The van der Waals surface area contributed by atoms with E-state index >= 15 is 0 Å². The summed E-state index contributed by atoms with van der Waals surface area (Å²) in [4.78, 5) is 12.4. The van der Waals surface area contributed by atoms with Gasteiger partial charge in [-0.05, 0) is 45.4 Å². The van der Waals surface area contributed by atoms with E-state index in [-0.39, 0.29) is 23.0 Å². The first kappa shape index (κ1) is 28.1. The Labute approximate surface area is 228 Å². The average molecular weight is 533 g/mol. The van der Waals surface area contributed by atoms with Crippen molar-refractivity contribution >= 4 is 24.7 Å². The van der Waals surface area contributed by atoms with Crippen LogP contribution in [0.15, 0.2) is 84.9 Å². The first-order valence-corrected chi connectivity index (χ1v) is 15.3. The van der Waals surface area contributed by atoms with Crippen LogP contribution in [0.2, 0.25) is 5.04 Å². The van der Waals surface area contributed by atoms with Gasteiger partial charge in [0.2, 0.25) is 0 Å². The first-order chi connectivity index (χ1) is 18.2. The van der Waals surface area contributed by atoms with Gasteiger partial charge >= 0.3 is 5.97 Å². The molecule has 5 nitrogen and oxygen atoms in total. The molecule has 1 saturated heterocycles. The summed E-state index contributed by atoms with van der Waals surface area (Å²) in [7, 11) is -1.11. The largest absolute Gasteiger partial charge is 0.497 e. The van der Waals surface area contributed by atoms with Gasteiger partial charge in [0.05, 0.1) is 20.3 Å². The van der Waals surface area contributed by atoms with Crippen molar-refractivity contribution in [1.82, 2.24) is 0 Å². The highest BCUT2D eigenvalue weighted by molar-refractivity contribution is 6.99. The fourth-order valence-electron chi connectivity index (χ4n) is 5.41. The standard InChI is InChI=1S/C32H40O5Si/c1-24-20-29(37-31(33)21-24)30(35-22-25-16-18-26(34-5)19-17-25)23-36-38(32(2,3)4,27-12-8-6-9-13-27)28-14-10-7-11-15-28/h6-19,24,29-30H,20-23H2,1-5H3/t24-,29+,30-/m1/s1. The van der Waals surface area contributed by atoms with E-state index in [1.807, 2.05) is 36.4 Å². The third-order valence-corrected chi connectivity index (χ3v) is 12.4. The van der Waals surface area contributed by atoms with Gasteiger partial charge in [0, 0.05) is 6.42 Å². The number of cyclic esters (lactones) is 1. The second kappa shape index (κ2) is 12.3. The quantitative estimate of drug-likeness (QED) is 0.255. The van der Waals surface area contributed by atoms with E-state index in [0.717, 1.165) is 17.7 Å². The van der Waals surface area contributed by atoms with Crippen molar-refractivity contribution in [3.05, 3.63) is 90.5 Å². The molecule has 38 heavy (non-hydrogen) atoms. The second-order valence-electron chi connectivity index (χ2n) is 11.2. The van der Waals surface area contributed by atoms with Crippen molar-refractivity contribution < 1.29 is 23.4 Å². The van der Waals surface area contributed by atoms with Crippen LogP contribution in [0.5, 0.6) is 5.75 Å². The summed E-state index contributed by atoms with van der Waals surface area (Å²) in [6, 6.07) is 29.0. The molecule has 0 unspecified atom stereocenters. The Bertz CT molecular complexity index is 1120. The molecule has 0 spiro atoms. The molecular weight excluding hydrogens is 492 g/mol. The fourth-order valence-corrected chi connectivity index (χ4v) is 9.98. The molecule has 0 aromatic heterocycles. The Kier molecular flexibility index (Phi) is 9.08. The molecule has 0 N–H and O–H groups in total. The Balaban J connectivity index is 1.66. The fraction of sp³-hybridized carbons (Fsp3) is 0.406. The number of carbonyl (C=O) groups excluding carboxylic acids is 1. The third-order valence-electron chi connectivity index (χ3n) is 7.35. The van der Waals surface area contributed by atoms with E-state index in [1.54, 1.807) is 7.11 Å². The van der Waals surface area contributed by atoms with Crippen molar-refractivity contribution in [3.8, 4) is 5.75 Å². The Morgan fingerprint density at radius 1 is 0.921 bits per heavy atom. The van der Waals surface area contributed by atoms with Crippen LogP contribution in [0, 0.1) is 5.92 Å². The van der Waals surface area contributed by atoms with E-state index in [2.05, 4.69) is 76.2 Å².